The minimum absolute atomic E-state index is 0.293. The number of rotatable bonds is 4. The molecule has 3 N–H and O–H groups in total. The lowest BCUT2D eigenvalue weighted by molar-refractivity contribution is 0.410. The number of nitrogens with two attached hydrogens (primary N) is 1. The minimum Gasteiger partial charge on any atom is -0.496 e. The van der Waals surface area contributed by atoms with Gasteiger partial charge in [-0.1, -0.05) is 18.2 Å². The van der Waals surface area contributed by atoms with Crippen molar-refractivity contribution in [3.8, 4) is 5.75 Å². The number of methoxy groups -OCH3 is 1. The molecule has 4 nitrogen and oxygen atoms in total. The maximum atomic E-state index is 5.71. The van der Waals surface area contributed by atoms with Crippen LogP contribution in [-0.4, -0.2) is 19.1 Å². The molecule has 0 saturated heterocycles. The zero-order chi connectivity index (χ0) is 12.0. The molecule has 16 heavy (non-hydrogen) atoms. The van der Waals surface area contributed by atoms with Crippen LogP contribution in [0.3, 0.4) is 0 Å². The Balaban J connectivity index is 2.66. The van der Waals surface area contributed by atoms with Gasteiger partial charge in [-0.2, -0.15) is 0 Å². The van der Waals surface area contributed by atoms with E-state index in [9.17, 15) is 0 Å². The van der Waals surface area contributed by atoms with Crippen molar-refractivity contribution in [2.75, 3.05) is 7.11 Å². The molecule has 0 aliphatic heterocycles. The van der Waals surface area contributed by atoms with Crippen LogP contribution in [0.2, 0.25) is 0 Å². The Morgan fingerprint density at radius 3 is 2.75 bits per heavy atom. The van der Waals surface area contributed by atoms with Crippen molar-refractivity contribution in [2.45, 2.75) is 26.4 Å². The Hall–Kier alpha value is -1.71. The van der Waals surface area contributed by atoms with Crippen LogP contribution >= 0.6 is 0 Å². The molecule has 0 bridgehead atoms. The molecule has 88 valence electrons. The summed E-state index contributed by atoms with van der Waals surface area (Å²) in [5, 5.41) is 3.04. The second-order valence-corrected chi connectivity index (χ2v) is 3.81. The predicted octanol–water partition coefficient (Wildman–Crippen LogP) is 1.51. The van der Waals surface area contributed by atoms with E-state index in [2.05, 4.69) is 10.3 Å². The number of hydrogen-bond acceptors (Lipinski definition) is 2. The molecule has 0 amide bonds. The summed E-state index contributed by atoms with van der Waals surface area (Å²) in [6.07, 6.45) is 0. The van der Waals surface area contributed by atoms with Gasteiger partial charge in [0.1, 0.15) is 5.75 Å². The fourth-order valence-electron chi connectivity index (χ4n) is 1.35. The normalized spacial score (nSPS) is 11.6. The Labute approximate surface area is 96.5 Å². The molecule has 1 rings (SSSR count). The Morgan fingerprint density at radius 1 is 1.44 bits per heavy atom. The van der Waals surface area contributed by atoms with Gasteiger partial charge in [0.05, 0.1) is 13.7 Å². The molecule has 0 unspecified atom stereocenters. The molecule has 0 saturated carbocycles. The van der Waals surface area contributed by atoms with Crippen LogP contribution in [0.25, 0.3) is 0 Å². The first kappa shape index (κ1) is 12.4. The highest BCUT2D eigenvalue weighted by Crippen LogP contribution is 2.17. The molecule has 0 aliphatic carbocycles. The molecule has 0 aromatic heterocycles. The number of benzene rings is 1. The fourth-order valence-corrected chi connectivity index (χ4v) is 1.35. The standard InChI is InChI=1S/C12H19N3O/c1-9(2)15-12(13)14-8-10-6-4-5-7-11(10)16-3/h4-7,9H,8H2,1-3H3,(H3,13,14,15). The Morgan fingerprint density at radius 2 is 2.12 bits per heavy atom. The smallest absolute Gasteiger partial charge is 0.189 e. The fraction of sp³-hybridized carbons (Fsp3) is 0.417. The van der Waals surface area contributed by atoms with E-state index in [-0.39, 0.29) is 0 Å². The molecule has 0 heterocycles. The zero-order valence-electron chi connectivity index (χ0n) is 10.0. The van der Waals surface area contributed by atoms with Crippen LogP contribution < -0.4 is 15.8 Å². The first-order valence-corrected chi connectivity index (χ1v) is 5.32. The van der Waals surface area contributed by atoms with Gasteiger partial charge < -0.3 is 15.8 Å². The number of nitrogens with zero attached hydrogens (tertiary/aromatic N) is 1. The lowest BCUT2D eigenvalue weighted by Crippen LogP contribution is -2.36. The lowest BCUT2D eigenvalue weighted by atomic mass is 10.2. The van der Waals surface area contributed by atoms with Crippen LogP contribution in [0.15, 0.2) is 29.3 Å². The molecular weight excluding hydrogens is 202 g/mol. The van der Waals surface area contributed by atoms with Gasteiger partial charge in [0.25, 0.3) is 0 Å². The summed E-state index contributed by atoms with van der Waals surface area (Å²) in [4.78, 5) is 4.25. The Kier molecular flexibility index (Phi) is 4.64. The molecule has 4 heteroatoms. The van der Waals surface area contributed by atoms with Crippen molar-refractivity contribution < 1.29 is 4.74 Å². The monoisotopic (exact) mass is 221 g/mol. The van der Waals surface area contributed by atoms with Crippen LogP contribution in [0.4, 0.5) is 0 Å². The second-order valence-electron chi connectivity index (χ2n) is 3.81. The van der Waals surface area contributed by atoms with E-state index in [1.54, 1.807) is 7.11 Å². The van der Waals surface area contributed by atoms with Gasteiger partial charge >= 0.3 is 0 Å². The minimum atomic E-state index is 0.293. The lowest BCUT2D eigenvalue weighted by Gasteiger charge is -2.09. The molecule has 1 aromatic rings. The first-order valence-electron chi connectivity index (χ1n) is 5.32. The summed E-state index contributed by atoms with van der Waals surface area (Å²) in [5.74, 6) is 1.30. The quantitative estimate of drug-likeness (QED) is 0.598. The highest BCUT2D eigenvalue weighted by atomic mass is 16.5. The number of ether oxygens (including phenoxy) is 1. The maximum Gasteiger partial charge on any atom is 0.189 e. The van der Waals surface area contributed by atoms with Gasteiger partial charge in [-0.25, -0.2) is 4.99 Å². The van der Waals surface area contributed by atoms with E-state index >= 15 is 0 Å². The number of hydrogen-bond donors (Lipinski definition) is 2. The van der Waals surface area contributed by atoms with E-state index in [4.69, 9.17) is 10.5 Å². The maximum absolute atomic E-state index is 5.71. The molecular formula is C12H19N3O. The van der Waals surface area contributed by atoms with Crippen LogP contribution in [-0.2, 0) is 6.54 Å². The molecule has 0 atom stereocenters. The second kappa shape index (κ2) is 6.00. The topological polar surface area (TPSA) is 59.6 Å². The third-order valence-electron chi connectivity index (χ3n) is 2.05. The van der Waals surface area contributed by atoms with Crippen molar-refractivity contribution in [1.29, 1.82) is 0 Å². The first-order chi connectivity index (χ1) is 7.63. The highest BCUT2D eigenvalue weighted by molar-refractivity contribution is 5.78. The Bertz CT molecular complexity index is 361. The predicted molar refractivity (Wildman–Crippen MR) is 66.6 cm³/mol. The molecule has 1 aromatic carbocycles. The number of nitrogens with one attached hydrogen (secondary N) is 1. The molecule has 0 fully saturated rings. The van der Waals surface area contributed by atoms with Crippen molar-refractivity contribution in [3.05, 3.63) is 29.8 Å². The van der Waals surface area contributed by atoms with Crippen molar-refractivity contribution in [3.63, 3.8) is 0 Å². The molecule has 0 spiro atoms. The van der Waals surface area contributed by atoms with E-state index in [0.29, 0.717) is 18.5 Å². The van der Waals surface area contributed by atoms with Gasteiger partial charge in [0.15, 0.2) is 5.96 Å². The summed E-state index contributed by atoms with van der Waals surface area (Å²) in [6.45, 7) is 4.56. The zero-order valence-corrected chi connectivity index (χ0v) is 10.0. The van der Waals surface area contributed by atoms with E-state index < -0.39 is 0 Å². The van der Waals surface area contributed by atoms with E-state index in [1.807, 2.05) is 38.1 Å². The largest absolute Gasteiger partial charge is 0.496 e. The van der Waals surface area contributed by atoms with Gasteiger partial charge in [0, 0.05) is 11.6 Å². The average molecular weight is 221 g/mol. The average Bonchev–Trinajstić information content (AvgIpc) is 2.26. The number of aliphatic imine (C=N–C) groups is 1. The van der Waals surface area contributed by atoms with Crippen LogP contribution in [0, 0.1) is 0 Å². The summed E-state index contributed by atoms with van der Waals surface area (Å²) >= 11 is 0. The van der Waals surface area contributed by atoms with Crippen LogP contribution in [0.5, 0.6) is 5.75 Å². The van der Waals surface area contributed by atoms with E-state index in [0.717, 1.165) is 11.3 Å². The van der Waals surface area contributed by atoms with Crippen molar-refractivity contribution >= 4 is 5.96 Å². The van der Waals surface area contributed by atoms with E-state index in [1.165, 1.54) is 0 Å². The van der Waals surface area contributed by atoms with Crippen molar-refractivity contribution in [2.24, 2.45) is 10.7 Å². The van der Waals surface area contributed by atoms with Gasteiger partial charge in [-0.15, -0.1) is 0 Å². The van der Waals surface area contributed by atoms with Crippen LogP contribution in [0.1, 0.15) is 19.4 Å². The van der Waals surface area contributed by atoms with Crippen molar-refractivity contribution in [1.82, 2.24) is 5.32 Å². The molecule has 0 radical (unpaired) electrons. The summed E-state index contributed by atoms with van der Waals surface area (Å²) in [5.41, 5.74) is 6.74. The third kappa shape index (κ3) is 3.81. The SMILES string of the molecule is COc1ccccc1CN=C(N)NC(C)C. The number of guanidine groups is 1. The summed E-state index contributed by atoms with van der Waals surface area (Å²) < 4.78 is 5.23. The van der Waals surface area contributed by atoms with Gasteiger partial charge in [-0.3, -0.25) is 0 Å². The third-order valence-corrected chi connectivity index (χ3v) is 2.05. The van der Waals surface area contributed by atoms with Gasteiger partial charge in [-0.05, 0) is 19.9 Å². The highest BCUT2D eigenvalue weighted by Gasteiger charge is 2.00. The number of para-hydroxylation sites is 1. The summed E-state index contributed by atoms with van der Waals surface area (Å²) in [7, 11) is 1.65. The molecule has 0 aliphatic rings. The van der Waals surface area contributed by atoms with Gasteiger partial charge in [0.2, 0.25) is 0 Å². The summed E-state index contributed by atoms with van der Waals surface area (Å²) in [6, 6.07) is 8.07.